The van der Waals surface area contributed by atoms with Crippen LogP contribution in [-0.4, -0.2) is 55.6 Å². The minimum Gasteiger partial charge on any atom is -0.322 e. The van der Waals surface area contributed by atoms with Gasteiger partial charge in [-0.25, -0.2) is 4.79 Å². The van der Waals surface area contributed by atoms with E-state index in [1.54, 1.807) is 0 Å². The van der Waals surface area contributed by atoms with Gasteiger partial charge in [0.25, 0.3) is 0 Å². The summed E-state index contributed by atoms with van der Waals surface area (Å²) in [5.41, 5.74) is 1.00. The van der Waals surface area contributed by atoms with Gasteiger partial charge >= 0.3 is 6.03 Å². The lowest BCUT2D eigenvalue weighted by atomic mass is 10.2. The lowest BCUT2D eigenvalue weighted by Gasteiger charge is -2.36. The summed E-state index contributed by atoms with van der Waals surface area (Å²) in [5.74, 6) is 0. The van der Waals surface area contributed by atoms with E-state index >= 15 is 0 Å². The number of anilines is 1. The molecule has 2 rings (SSSR count). The summed E-state index contributed by atoms with van der Waals surface area (Å²) >= 11 is 0. The van der Waals surface area contributed by atoms with Gasteiger partial charge in [-0.2, -0.15) is 0 Å². The van der Waals surface area contributed by atoms with Gasteiger partial charge in [-0.1, -0.05) is 31.5 Å². The highest BCUT2D eigenvalue weighted by molar-refractivity contribution is 5.92. The second-order valence-corrected chi connectivity index (χ2v) is 5.41. The van der Waals surface area contributed by atoms with Crippen molar-refractivity contribution < 1.29 is 4.79 Å². The first-order valence-electron chi connectivity index (χ1n) is 7.52. The van der Waals surface area contributed by atoms with Crippen LogP contribution in [0.25, 0.3) is 0 Å². The molecule has 1 aromatic carbocycles. The molecule has 0 unspecified atom stereocenters. The molecule has 4 heteroatoms. The molecule has 0 bridgehead atoms. The Labute approximate surface area is 122 Å². The van der Waals surface area contributed by atoms with E-state index in [4.69, 9.17) is 0 Å². The van der Waals surface area contributed by atoms with Gasteiger partial charge in [0.05, 0.1) is 0 Å². The number of carbonyl (C=O) groups excluding carboxylic acids is 1. The molecule has 0 atom stereocenters. The zero-order chi connectivity index (χ0) is 14.4. The summed E-state index contributed by atoms with van der Waals surface area (Å²) in [7, 11) is 2.11. The molecule has 2 amide bonds. The monoisotopic (exact) mass is 275 g/mol. The average molecular weight is 275 g/mol. The number of carbonyl (C=O) groups is 1. The zero-order valence-electron chi connectivity index (χ0n) is 12.6. The summed E-state index contributed by atoms with van der Waals surface area (Å²) in [6.07, 6.45) is 2.13. The SMILES string of the molecule is CCCCN(C(=O)N1CCN(C)CC1)c1ccccc1. The molecule has 1 fully saturated rings. The van der Waals surface area contributed by atoms with Crippen LogP contribution in [0, 0.1) is 0 Å². The highest BCUT2D eigenvalue weighted by atomic mass is 16.2. The van der Waals surface area contributed by atoms with Crippen LogP contribution in [0.5, 0.6) is 0 Å². The maximum atomic E-state index is 12.7. The second-order valence-electron chi connectivity index (χ2n) is 5.41. The smallest absolute Gasteiger partial charge is 0.322 e. The first-order valence-corrected chi connectivity index (χ1v) is 7.52. The molecule has 0 saturated carbocycles. The van der Waals surface area contributed by atoms with E-state index in [0.29, 0.717) is 0 Å². The predicted molar refractivity (Wildman–Crippen MR) is 83.2 cm³/mol. The largest absolute Gasteiger partial charge is 0.324 e. The molecule has 4 nitrogen and oxygen atoms in total. The van der Waals surface area contributed by atoms with Gasteiger partial charge < -0.3 is 9.80 Å². The van der Waals surface area contributed by atoms with Gasteiger partial charge in [-0.05, 0) is 25.6 Å². The van der Waals surface area contributed by atoms with E-state index in [9.17, 15) is 4.79 Å². The normalized spacial score (nSPS) is 16.2. The standard InChI is InChI=1S/C16H25N3O/c1-3-4-10-19(15-8-6-5-7-9-15)16(20)18-13-11-17(2)12-14-18/h5-9H,3-4,10-14H2,1-2H3. The molecule has 0 spiro atoms. The fourth-order valence-electron chi connectivity index (χ4n) is 2.43. The number of hydrogen-bond acceptors (Lipinski definition) is 2. The number of hydrogen-bond donors (Lipinski definition) is 0. The first-order chi connectivity index (χ1) is 9.72. The Kier molecular flexibility index (Phi) is 5.41. The number of urea groups is 1. The third kappa shape index (κ3) is 3.73. The van der Waals surface area contributed by atoms with E-state index in [0.717, 1.165) is 51.3 Å². The minimum absolute atomic E-state index is 0.151. The Hall–Kier alpha value is -1.55. The predicted octanol–water partition coefficient (Wildman–Crippen LogP) is 2.66. The molecule has 1 heterocycles. The van der Waals surface area contributed by atoms with E-state index in [-0.39, 0.29) is 6.03 Å². The number of likely N-dealkylation sites (N-methyl/N-ethyl adjacent to an activating group) is 1. The molecular weight excluding hydrogens is 250 g/mol. The molecule has 1 aromatic rings. The van der Waals surface area contributed by atoms with E-state index < -0.39 is 0 Å². The van der Waals surface area contributed by atoms with Crippen LogP contribution in [0.15, 0.2) is 30.3 Å². The summed E-state index contributed by atoms with van der Waals surface area (Å²) < 4.78 is 0. The number of rotatable bonds is 4. The lowest BCUT2D eigenvalue weighted by Crippen LogP contribution is -2.52. The number of piperazine rings is 1. The number of para-hydroxylation sites is 1. The van der Waals surface area contributed by atoms with Crippen molar-refractivity contribution in [3.8, 4) is 0 Å². The van der Waals surface area contributed by atoms with E-state index in [1.807, 2.05) is 40.1 Å². The second kappa shape index (κ2) is 7.29. The van der Waals surface area contributed by atoms with E-state index in [1.165, 1.54) is 0 Å². The summed E-state index contributed by atoms with van der Waals surface area (Å²) in [5, 5.41) is 0. The topological polar surface area (TPSA) is 26.8 Å². The van der Waals surface area contributed by atoms with Crippen molar-refractivity contribution in [2.75, 3.05) is 44.7 Å². The number of benzene rings is 1. The fraction of sp³-hybridized carbons (Fsp3) is 0.562. The molecule has 0 aromatic heterocycles. The Morgan fingerprint density at radius 2 is 1.80 bits per heavy atom. The minimum atomic E-state index is 0.151. The third-order valence-corrected chi connectivity index (χ3v) is 3.81. The lowest BCUT2D eigenvalue weighted by molar-refractivity contribution is 0.159. The number of nitrogens with zero attached hydrogens (tertiary/aromatic N) is 3. The molecule has 1 aliphatic rings. The van der Waals surface area contributed by atoms with E-state index in [2.05, 4.69) is 18.9 Å². The van der Waals surface area contributed by atoms with Gasteiger partial charge in [-0.15, -0.1) is 0 Å². The van der Waals surface area contributed by atoms with Gasteiger partial charge in [-0.3, -0.25) is 4.90 Å². The number of amides is 2. The van der Waals surface area contributed by atoms with Crippen molar-refractivity contribution in [1.29, 1.82) is 0 Å². The molecule has 110 valence electrons. The first kappa shape index (κ1) is 14.9. The van der Waals surface area contributed by atoms with Gasteiger partial charge in [0.15, 0.2) is 0 Å². The highest BCUT2D eigenvalue weighted by Crippen LogP contribution is 2.17. The maximum Gasteiger partial charge on any atom is 0.324 e. The van der Waals surface area contributed by atoms with Crippen LogP contribution in [0.4, 0.5) is 10.5 Å². The van der Waals surface area contributed by atoms with Crippen molar-refractivity contribution >= 4 is 11.7 Å². The van der Waals surface area contributed by atoms with Crippen molar-refractivity contribution in [3.05, 3.63) is 30.3 Å². The van der Waals surface area contributed by atoms with Gasteiger partial charge in [0, 0.05) is 38.4 Å². The van der Waals surface area contributed by atoms with Gasteiger partial charge in [0.1, 0.15) is 0 Å². The molecule has 0 aliphatic carbocycles. The third-order valence-electron chi connectivity index (χ3n) is 3.81. The summed E-state index contributed by atoms with van der Waals surface area (Å²) in [6, 6.07) is 10.2. The molecule has 0 radical (unpaired) electrons. The molecular formula is C16H25N3O. The van der Waals surface area contributed by atoms with Gasteiger partial charge in [0.2, 0.25) is 0 Å². The highest BCUT2D eigenvalue weighted by Gasteiger charge is 2.24. The van der Waals surface area contributed by atoms with Crippen molar-refractivity contribution in [2.24, 2.45) is 0 Å². The Bertz CT molecular complexity index is 413. The van der Waals surface area contributed by atoms with Crippen LogP contribution >= 0.6 is 0 Å². The molecule has 0 N–H and O–H groups in total. The zero-order valence-corrected chi connectivity index (χ0v) is 12.6. The van der Waals surface area contributed by atoms with Crippen LogP contribution in [0.3, 0.4) is 0 Å². The fourth-order valence-corrected chi connectivity index (χ4v) is 2.43. The van der Waals surface area contributed by atoms with Crippen LogP contribution in [0.2, 0.25) is 0 Å². The van der Waals surface area contributed by atoms with Crippen LogP contribution in [-0.2, 0) is 0 Å². The Morgan fingerprint density at radius 3 is 2.40 bits per heavy atom. The van der Waals surface area contributed by atoms with Crippen molar-refractivity contribution in [1.82, 2.24) is 9.80 Å². The van der Waals surface area contributed by atoms with Crippen molar-refractivity contribution in [2.45, 2.75) is 19.8 Å². The van der Waals surface area contributed by atoms with Crippen LogP contribution in [0.1, 0.15) is 19.8 Å². The quantitative estimate of drug-likeness (QED) is 0.844. The average Bonchev–Trinajstić information content (AvgIpc) is 2.49. The Morgan fingerprint density at radius 1 is 1.15 bits per heavy atom. The molecule has 1 aliphatic heterocycles. The Balaban J connectivity index is 2.08. The number of unbranched alkanes of at least 4 members (excludes halogenated alkanes) is 1. The van der Waals surface area contributed by atoms with Crippen molar-refractivity contribution in [3.63, 3.8) is 0 Å². The molecule has 20 heavy (non-hydrogen) atoms. The summed E-state index contributed by atoms with van der Waals surface area (Å²) in [4.78, 5) is 18.9. The van der Waals surface area contributed by atoms with Crippen LogP contribution < -0.4 is 4.90 Å². The summed E-state index contributed by atoms with van der Waals surface area (Å²) in [6.45, 7) is 6.52. The maximum absolute atomic E-state index is 12.7. The molecule has 1 saturated heterocycles.